The molecule has 0 fully saturated rings. The van der Waals surface area contributed by atoms with E-state index in [-0.39, 0.29) is 24.1 Å². The fourth-order valence-electron chi connectivity index (χ4n) is 1.30. The summed E-state index contributed by atoms with van der Waals surface area (Å²) in [5.74, 6) is 5.48. The van der Waals surface area contributed by atoms with Crippen LogP contribution in [0.2, 0.25) is 0 Å². The van der Waals surface area contributed by atoms with Crippen molar-refractivity contribution in [3.63, 3.8) is 0 Å². The molecule has 1 aromatic carbocycles. The lowest BCUT2D eigenvalue weighted by Gasteiger charge is -2.02. The molecule has 0 aliphatic heterocycles. The maximum Gasteiger partial charge on any atom is 0.227 e. The molecule has 1 rings (SSSR count). The largest absolute Gasteiger partial charge is 0.395 e. The highest BCUT2D eigenvalue weighted by molar-refractivity contribution is 7.99. The maximum absolute atomic E-state index is 13.3. The Morgan fingerprint density at radius 3 is 2.89 bits per heavy atom. The third-order valence-electron chi connectivity index (χ3n) is 1.94. The summed E-state index contributed by atoms with van der Waals surface area (Å²) in [5.41, 5.74) is 6.34. The van der Waals surface area contributed by atoms with Crippen LogP contribution in [0.25, 0.3) is 0 Å². The van der Waals surface area contributed by atoms with E-state index in [0.717, 1.165) is 5.56 Å². The zero-order chi connectivity index (χ0) is 13.4. The first-order valence-electron chi connectivity index (χ1n) is 5.37. The number of aliphatic hydroxyl groups is 1. The second-order valence-corrected chi connectivity index (χ2v) is 4.57. The number of primary amides is 1. The minimum absolute atomic E-state index is 0.0103. The van der Waals surface area contributed by atoms with Crippen LogP contribution in [0.4, 0.5) is 4.39 Å². The van der Waals surface area contributed by atoms with Crippen LogP contribution >= 0.6 is 11.8 Å². The Balaban J connectivity index is 2.69. The van der Waals surface area contributed by atoms with Gasteiger partial charge in [0.2, 0.25) is 5.91 Å². The highest BCUT2D eigenvalue weighted by Gasteiger charge is 2.01. The van der Waals surface area contributed by atoms with Crippen molar-refractivity contribution in [3.05, 3.63) is 35.1 Å². The molecule has 0 atom stereocenters. The van der Waals surface area contributed by atoms with Crippen LogP contribution in [0, 0.1) is 17.7 Å². The highest BCUT2D eigenvalue weighted by Crippen LogP contribution is 2.15. The highest BCUT2D eigenvalue weighted by atomic mass is 32.2. The van der Waals surface area contributed by atoms with Gasteiger partial charge in [-0.05, 0) is 23.8 Å². The molecule has 0 aliphatic carbocycles. The van der Waals surface area contributed by atoms with Crippen LogP contribution in [-0.2, 0) is 10.5 Å². The molecule has 1 amide bonds. The van der Waals surface area contributed by atoms with Gasteiger partial charge in [-0.25, -0.2) is 4.39 Å². The van der Waals surface area contributed by atoms with Crippen molar-refractivity contribution < 1.29 is 14.3 Å². The Bertz CT molecular complexity index is 480. The number of hydrogen-bond donors (Lipinski definition) is 2. The number of rotatable bonds is 5. The number of thioether (sulfide) groups is 1. The molecule has 0 saturated heterocycles. The molecule has 0 saturated carbocycles. The smallest absolute Gasteiger partial charge is 0.227 e. The summed E-state index contributed by atoms with van der Waals surface area (Å²) in [6.07, 6.45) is 0.363. The lowest BCUT2D eigenvalue weighted by atomic mass is 10.1. The van der Waals surface area contributed by atoms with Gasteiger partial charge in [0, 0.05) is 17.7 Å². The second-order valence-electron chi connectivity index (χ2n) is 3.58. The standard InChI is InChI=1S/C13H14FNO2S/c14-12-6-10(3-1-2-4-16)5-11(7-12)8-18-9-13(15)17/h5-7,16H,2,4,8-9H2,(H2,15,17). The van der Waals surface area contributed by atoms with Gasteiger partial charge in [0.25, 0.3) is 0 Å². The number of hydrogen-bond acceptors (Lipinski definition) is 3. The van der Waals surface area contributed by atoms with Crippen LogP contribution < -0.4 is 5.73 Å². The van der Waals surface area contributed by atoms with E-state index in [4.69, 9.17) is 10.8 Å². The molecule has 0 aliphatic rings. The monoisotopic (exact) mass is 267 g/mol. The zero-order valence-corrected chi connectivity index (χ0v) is 10.6. The van der Waals surface area contributed by atoms with Crippen LogP contribution in [-0.4, -0.2) is 23.4 Å². The van der Waals surface area contributed by atoms with Crippen molar-refractivity contribution in [3.8, 4) is 11.8 Å². The van der Waals surface area contributed by atoms with Gasteiger partial charge in [-0.15, -0.1) is 11.8 Å². The van der Waals surface area contributed by atoms with Crippen molar-refractivity contribution in [1.82, 2.24) is 0 Å². The van der Waals surface area contributed by atoms with E-state index in [1.54, 1.807) is 6.07 Å². The van der Waals surface area contributed by atoms with E-state index in [2.05, 4.69) is 11.8 Å². The number of benzene rings is 1. The molecule has 3 nitrogen and oxygen atoms in total. The van der Waals surface area contributed by atoms with Gasteiger partial charge in [0.15, 0.2) is 0 Å². The lowest BCUT2D eigenvalue weighted by molar-refractivity contribution is -0.115. The predicted molar refractivity (Wildman–Crippen MR) is 70.3 cm³/mol. The van der Waals surface area contributed by atoms with E-state index in [9.17, 15) is 9.18 Å². The van der Waals surface area contributed by atoms with Gasteiger partial charge in [-0.1, -0.05) is 11.8 Å². The molecular formula is C13H14FNO2S. The number of carbonyl (C=O) groups is 1. The van der Waals surface area contributed by atoms with Gasteiger partial charge >= 0.3 is 0 Å². The average molecular weight is 267 g/mol. The zero-order valence-electron chi connectivity index (χ0n) is 9.78. The first kappa shape index (κ1) is 14.6. The summed E-state index contributed by atoms with van der Waals surface area (Å²) < 4.78 is 13.3. The van der Waals surface area contributed by atoms with E-state index in [0.29, 0.717) is 17.7 Å². The topological polar surface area (TPSA) is 63.3 Å². The molecule has 3 N–H and O–H groups in total. The van der Waals surface area contributed by atoms with Crippen LogP contribution in [0.3, 0.4) is 0 Å². The van der Waals surface area contributed by atoms with E-state index in [1.807, 2.05) is 0 Å². The minimum atomic E-state index is -0.389. The first-order chi connectivity index (χ1) is 8.61. The molecular weight excluding hydrogens is 253 g/mol. The summed E-state index contributed by atoms with van der Waals surface area (Å²) in [7, 11) is 0. The number of aliphatic hydroxyl groups excluding tert-OH is 1. The van der Waals surface area contributed by atoms with Crippen LogP contribution in [0.5, 0.6) is 0 Å². The SMILES string of the molecule is NC(=O)CSCc1cc(F)cc(C#CCCO)c1. The van der Waals surface area contributed by atoms with Crippen molar-refractivity contribution in [2.24, 2.45) is 5.73 Å². The minimum Gasteiger partial charge on any atom is -0.395 e. The van der Waals surface area contributed by atoms with Crippen molar-refractivity contribution >= 4 is 17.7 Å². The molecule has 0 unspecified atom stereocenters. The van der Waals surface area contributed by atoms with Crippen molar-refractivity contribution in [2.45, 2.75) is 12.2 Å². The summed E-state index contributed by atoms with van der Waals surface area (Å²) in [4.78, 5) is 10.6. The Morgan fingerprint density at radius 2 is 2.22 bits per heavy atom. The van der Waals surface area contributed by atoms with Gasteiger partial charge in [0.1, 0.15) is 5.82 Å². The number of halogens is 1. The molecule has 0 bridgehead atoms. The molecule has 5 heteroatoms. The average Bonchev–Trinajstić information content (AvgIpc) is 2.28. The van der Waals surface area contributed by atoms with Crippen molar-refractivity contribution in [1.29, 1.82) is 0 Å². The van der Waals surface area contributed by atoms with Gasteiger partial charge in [0.05, 0.1) is 12.4 Å². The summed E-state index contributed by atoms with van der Waals surface area (Å²) in [6, 6.07) is 4.51. The molecule has 0 radical (unpaired) electrons. The maximum atomic E-state index is 13.3. The molecule has 96 valence electrons. The van der Waals surface area contributed by atoms with Gasteiger partial charge in [-0.2, -0.15) is 0 Å². The quantitative estimate of drug-likeness (QED) is 0.790. The number of carbonyl (C=O) groups excluding carboxylic acids is 1. The Morgan fingerprint density at radius 1 is 1.44 bits per heavy atom. The van der Waals surface area contributed by atoms with Gasteiger partial charge < -0.3 is 10.8 Å². The summed E-state index contributed by atoms with van der Waals surface area (Å²) >= 11 is 1.33. The third-order valence-corrected chi connectivity index (χ3v) is 2.97. The summed E-state index contributed by atoms with van der Waals surface area (Å²) in [6.45, 7) is -0.0103. The molecule has 18 heavy (non-hydrogen) atoms. The van der Waals surface area contributed by atoms with E-state index >= 15 is 0 Å². The molecule has 0 aromatic heterocycles. The second kappa shape index (κ2) is 7.75. The molecule has 0 spiro atoms. The summed E-state index contributed by atoms with van der Waals surface area (Å²) in [5, 5.41) is 8.60. The normalized spacial score (nSPS) is 9.67. The predicted octanol–water partition coefficient (Wildman–Crippen LogP) is 1.28. The third kappa shape index (κ3) is 5.71. The van der Waals surface area contributed by atoms with E-state index < -0.39 is 0 Å². The van der Waals surface area contributed by atoms with Crippen LogP contribution in [0.1, 0.15) is 17.5 Å². The van der Waals surface area contributed by atoms with Crippen molar-refractivity contribution in [2.75, 3.05) is 12.4 Å². The molecule has 1 aromatic rings. The molecule has 0 heterocycles. The Labute approximate surface area is 110 Å². The fraction of sp³-hybridized carbons (Fsp3) is 0.308. The lowest BCUT2D eigenvalue weighted by Crippen LogP contribution is -2.13. The Kier molecular flexibility index (Phi) is 6.26. The Hall–Kier alpha value is -1.51. The first-order valence-corrected chi connectivity index (χ1v) is 6.52. The van der Waals surface area contributed by atoms with Crippen LogP contribution in [0.15, 0.2) is 18.2 Å². The number of amides is 1. The number of nitrogens with two attached hydrogens (primary N) is 1. The van der Waals surface area contributed by atoms with Gasteiger partial charge in [-0.3, -0.25) is 4.79 Å². The van der Waals surface area contributed by atoms with E-state index in [1.165, 1.54) is 23.9 Å². The fourth-order valence-corrected chi connectivity index (χ4v) is 2.00.